The first kappa shape index (κ1) is 17.0. The summed E-state index contributed by atoms with van der Waals surface area (Å²) >= 11 is 0. The number of methoxy groups -OCH3 is 1. The van der Waals surface area contributed by atoms with Crippen LogP contribution in [0.4, 0.5) is 0 Å². The summed E-state index contributed by atoms with van der Waals surface area (Å²) in [5.74, 6) is -0.0854. The Kier molecular flexibility index (Phi) is 4.23. The van der Waals surface area contributed by atoms with Crippen molar-refractivity contribution < 1.29 is 23.5 Å². The van der Waals surface area contributed by atoms with E-state index >= 15 is 0 Å². The number of hydrogen-bond acceptors (Lipinski definition) is 7. The normalized spacial score (nSPS) is 12.8. The van der Waals surface area contributed by atoms with Crippen LogP contribution >= 0.6 is 0 Å². The summed E-state index contributed by atoms with van der Waals surface area (Å²) in [4.78, 5) is 40.6. The van der Waals surface area contributed by atoms with Gasteiger partial charge in [0.25, 0.3) is 5.56 Å². The van der Waals surface area contributed by atoms with Crippen LogP contribution in [0.3, 0.4) is 0 Å². The number of aromatic nitrogens is 2. The van der Waals surface area contributed by atoms with Crippen molar-refractivity contribution in [2.45, 2.75) is 26.0 Å². The Morgan fingerprint density at radius 2 is 2.07 bits per heavy atom. The molecule has 8 nitrogen and oxygen atoms in total. The van der Waals surface area contributed by atoms with E-state index < -0.39 is 11.9 Å². The molecule has 0 amide bonds. The Morgan fingerprint density at radius 3 is 2.89 bits per heavy atom. The first-order valence-electron chi connectivity index (χ1n) is 8.44. The lowest BCUT2D eigenvalue weighted by molar-refractivity contribution is 0.0438. The van der Waals surface area contributed by atoms with Crippen LogP contribution in [-0.4, -0.2) is 28.6 Å². The Balaban J connectivity index is 1.53. The van der Waals surface area contributed by atoms with Gasteiger partial charge in [-0.25, -0.2) is 14.6 Å². The Hall–Kier alpha value is -3.42. The lowest BCUT2D eigenvalue weighted by Gasteiger charge is -2.07. The second-order valence-corrected chi connectivity index (χ2v) is 6.15. The van der Waals surface area contributed by atoms with Gasteiger partial charge in [-0.15, -0.1) is 0 Å². The smallest absolute Gasteiger partial charge is 0.373 e. The van der Waals surface area contributed by atoms with E-state index in [4.69, 9.17) is 9.15 Å². The topological polar surface area (TPSA) is 101 Å². The molecule has 1 aromatic carbocycles. The first-order chi connectivity index (χ1) is 13.1. The monoisotopic (exact) mass is 368 g/mol. The standard InChI is InChI=1S/C19H16N2O6/c1-25-19(24)15-7-5-12(27-15)10-26-18(23)11-4-6-13-14(9-11)20-16-3-2-8-21(16)17(13)22/h4-7,9H,2-3,8,10H2,1H3. The Labute approximate surface area is 153 Å². The quantitative estimate of drug-likeness (QED) is 0.650. The molecule has 0 unspecified atom stereocenters. The largest absolute Gasteiger partial charge is 0.463 e. The minimum absolute atomic E-state index is 0.0350. The van der Waals surface area contributed by atoms with Crippen LogP contribution in [0.5, 0.6) is 0 Å². The van der Waals surface area contributed by atoms with Crippen molar-refractivity contribution in [3.8, 4) is 0 Å². The van der Waals surface area contributed by atoms with Gasteiger partial charge < -0.3 is 13.9 Å². The molecule has 3 heterocycles. The Bertz CT molecular complexity index is 1110. The zero-order valence-corrected chi connectivity index (χ0v) is 14.6. The van der Waals surface area contributed by atoms with Gasteiger partial charge in [0.2, 0.25) is 5.76 Å². The minimum Gasteiger partial charge on any atom is -0.463 e. The molecule has 27 heavy (non-hydrogen) atoms. The number of rotatable bonds is 4. The molecule has 8 heteroatoms. The average Bonchev–Trinajstić information content (AvgIpc) is 3.34. The van der Waals surface area contributed by atoms with Gasteiger partial charge in [-0.3, -0.25) is 9.36 Å². The lowest BCUT2D eigenvalue weighted by Crippen LogP contribution is -2.21. The number of aryl methyl sites for hydroxylation is 1. The molecule has 0 spiro atoms. The van der Waals surface area contributed by atoms with Gasteiger partial charge in [0, 0.05) is 13.0 Å². The van der Waals surface area contributed by atoms with Crippen molar-refractivity contribution in [3.63, 3.8) is 0 Å². The fourth-order valence-corrected chi connectivity index (χ4v) is 3.10. The van der Waals surface area contributed by atoms with E-state index in [0.717, 1.165) is 18.7 Å². The summed E-state index contributed by atoms with van der Waals surface area (Å²) in [5.41, 5.74) is 0.684. The highest BCUT2D eigenvalue weighted by Gasteiger charge is 2.18. The fraction of sp³-hybridized carbons (Fsp3) is 0.263. The molecule has 2 aromatic heterocycles. The third-order valence-corrected chi connectivity index (χ3v) is 4.45. The first-order valence-corrected chi connectivity index (χ1v) is 8.44. The van der Waals surface area contributed by atoms with Gasteiger partial charge in [0.1, 0.15) is 18.2 Å². The summed E-state index contributed by atoms with van der Waals surface area (Å²) in [5, 5.41) is 0.478. The van der Waals surface area contributed by atoms with Gasteiger partial charge in [0.05, 0.1) is 23.6 Å². The molecule has 1 aliphatic rings. The summed E-state index contributed by atoms with van der Waals surface area (Å²) < 4.78 is 16.7. The van der Waals surface area contributed by atoms with Crippen molar-refractivity contribution >= 4 is 22.8 Å². The van der Waals surface area contributed by atoms with Crippen molar-refractivity contribution in [2.75, 3.05) is 7.11 Å². The molecule has 0 atom stereocenters. The van der Waals surface area contributed by atoms with Crippen molar-refractivity contribution in [1.29, 1.82) is 0 Å². The number of furan rings is 1. The predicted octanol–water partition coefficient (Wildman–Crippen LogP) is 2.08. The van der Waals surface area contributed by atoms with E-state index in [1.807, 2.05) is 0 Å². The molecule has 0 fully saturated rings. The van der Waals surface area contributed by atoms with E-state index in [9.17, 15) is 14.4 Å². The van der Waals surface area contributed by atoms with Crippen LogP contribution in [0, 0.1) is 0 Å². The van der Waals surface area contributed by atoms with E-state index in [-0.39, 0.29) is 23.5 Å². The minimum atomic E-state index is -0.605. The van der Waals surface area contributed by atoms with Gasteiger partial charge >= 0.3 is 11.9 Å². The van der Waals surface area contributed by atoms with Gasteiger partial charge in [-0.1, -0.05) is 0 Å². The second kappa shape index (κ2) is 6.71. The maximum absolute atomic E-state index is 12.5. The second-order valence-electron chi connectivity index (χ2n) is 6.15. The molecule has 0 aliphatic carbocycles. The average molecular weight is 368 g/mol. The number of esters is 2. The van der Waals surface area contributed by atoms with E-state index in [2.05, 4.69) is 9.72 Å². The highest BCUT2D eigenvalue weighted by molar-refractivity contribution is 5.94. The van der Waals surface area contributed by atoms with Crippen LogP contribution in [0.1, 0.15) is 38.9 Å². The van der Waals surface area contributed by atoms with E-state index in [1.165, 1.54) is 25.3 Å². The summed E-state index contributed by atoms with van der Waals surface area (Å²) in [6, 6.07) is 7.67. The van der Waals surface area contributed by atoms with Crippen LogP contribution in [0.15, 0.2) is 39.5 Å². The highest BCUT2D eigenvalue weighted by atomic mass is 16.5. The van der Waals surface area contributed by atoms with Crippen LogP contribution in [0.2, 0.25) is 0 Å². The number of ether oxygens (including phenoxy) is 2. The molecule has 0 saturated heterocycles. The van der Waals surface area contributed by atoms with Crippen molar-refractivity contribution in [1.82, 2.24) is 9.55 Å². The van der Waals surface area contributed by atoms with E-state index in [0.29, 0.717) is 23.2 Å². The molecule has 138 valence electrons. The zero-order valence-electron chi connectivity index (χ0n) is 14.6. The van der Waals surface area contributed by atoms with Crippen LogP contribution in [0.25, 0.3) is 10.9 Å². The number of carbonyl (C=O) groups excluding carboxylic acids is 2. The number of nitrogens with zero attached hydrogens (tertiary/aromatic N) is 2. The third kappa shape index (κ3) is 3.10. The van der Waals surface area contributed by atoms with Crippen molar-refractivity contribution in [2.24, 2.45) is 0 Å². The number of benzene rings is 1. The molecule has 1 aliphatic heterocycles. The van der Waals surface area contributed by atoms with Crippen LogP contribution < -0.4 is 5.56 Å². The van der Waals surface area contributed by atoms with Gasteiger partial charge in [0.15, 0.2) is 0 Å². The molecular formula is C19H16N2O6. The predicted molar refractivity (Wildman–Crippen MR) is 93.5 cm³/mol. The molecule has 0 radical (unpaired) electrons. The maximum atomic E-state index is 12.5. The molecular weight excluding hydrogens is 352 g/mol. The molecule has 0 N–H and O–H groups in total. The number of carbonyl (C=O) groups is 2. The van der Waals surface area contributed by atoms with Crippen molar-refractivity contribution in [3.05, 3.63) is 63.6 Å². The number of fused-ring (bicyclic) bond motifs is 2. The molecule has 3 aromatic rings. The maximum Gasteiger partial charge on any atom is 0.373 e. The zero-order chi connectivity index (χ0) is 19.0. The van der Waals surface area contributed by atoms with Crippen LogP contribution in [-0.2, 0) is 29.0 Å². The summed E-state index contributed by atoms with van der Waals surface area (Å²) in [7, 11) is 1.25. The highest BCUT2D eigenvalue weighted by Crippen LogP contribution is 2.17. The molecule has 4 rings (SSSR count). The van der Waals surface area contributed by atoms with Gasteiger partial charge in [-0.05, 0) is 36.8 Å². The number of hydrogen-bond donors (Lipinski definition) is 0. The van der Waals surface area contributed by atoms with E-state index in [1.54, 1.807) is 16.7 Å². The lowest BCUT2D eigenvalue weighted by atomic mass is 10.1. The summed E-state index contributed by atoms with van der Waals surface area (Å²) in [6.45, 7) is 0.547. The van der Waals surface area contributed by atoms with Gasteiger partial charge in [-0.2, -0.15) is 0 Å². The molecule has 0 saturated carbocycles. The SMILES string of the molecule is COC(=O)c1ccc(COC(=O)c2ccc3c(=O)n4c(nc3c2)CCC4)o1. The molecule has 0 bridgehead atoms. The third-order valence-electron chi connectivity index (χ3n) is 4.45. The fourth-order valence-electron chi connectivity index (χ4n) is 3.10. The Morgan fingerprint density at radius 1 is 1.22 bits per heavy atom. The summed E-state index contributed by atoms with van der Waals surface area (Å²) in [6.07, 6.45) is 1.64.